The predicted octanol–water partition coefficient (Wildman–Crippen LogP) is 1.54. The zero-order chi connectivity index (χ0) is 12.5. The van der Waals surface area contributed by atoms with Gasteiger partial charge in [-0.1, -0.05) is 12.7 Å². The molecule has 2 fully saturated rings. The van der Waals surface area contributed by atoms with E-state index in [4.69, 9.17) is 4.74 Å². The Morgan fingerprint density at radius 2 is 2.18 bits per heavy atom. The Morgan fingerprint density at radius 3 is 2.65 bits per heavy atom. The fourth-order valence-corrected chi connectivity index (χ4v) is 3.04. The lowest BCUT2D eigenvalue weighted by Gasteiger charge is -2.43. The molecule has 2 aliphatic carbocycles. The van der Waals surface area contributed by atoms with Crippen molar-refractivity contribution in [3.63, 3.8) is 0 Å². The fourth-order valence-electron chi connectivity index (χ4n) is 3.04. The van der Waals surface area contributed by atoms with Gasteiger partial charge >= 0.3 is 12.1 Å². The number of carbonyl (C=O) groups is 2. The SMILES string of the molecule is C=CCOC(=O)N[C@H]1CC[C@@]2(C(=O)O)CC[C@@H]12. The molecule has 2 aliphatic rings. The highest BCUT2D eigenvalue weighted by molar-refractivity contribution is 5.77. The zero-order valence-corrected chi connectivity index (χ0v) is 9.65. The molecule has 3 atom stereocenters. The Kier molecular flexibility index (Phi) is 3.09. The van der Waals surface area contributed by atoms with Gasteiger partial charge in [0.15, 0.2) is 0 Å². The molecule has 2 N–H and O–H groups in total. The molecule has 0 saturated heterocycles. The summed E-state index contributed by atoms with van der Waals surface area (Å²) < 4.78 is 4.84. The Labute approximate surface area is 99.8 Å². The van der Waals surface area contributed by atoms with Crippen LogP contribution in [-0.2, 0) is 9.53 Å². The van der Waals surface area contributed by atoms with Crippen LogP contribution in [0.3, 0.4) is 0 Å². The van der Waals surface area contributed by atoms with Crippen LogP contribution in [0.2, 0.25) is 0 Å². The number of nitrogens with one attached hydrogen (secondary N) is 1. The number of aliphatic carboxylic acids is 1. The third-order valence-corrected chi connectivity index (χ3v) is 4.06. The summed E-state index contributed by atoms with van der Waals surface area (Å²) in [5, 5.41) is 12.0. The molecule has 0 aliphatic heterocycles. The molecule has 5 nitrogen and oxygen atoms in total. The first-order valence-electron chi connectivity index (χ1n) is 5.88. The van der Waals surface area contributed by atoms with Crippen molar-refractivity contribution in [1.29, 1.82) is 0 Å². The summed E-state index contributed by atoms with van der Waals surface area (Å²) in [5.74, 6) is -0.659. The molecule has 17 heavy (non-hydrogen) atoms. The topological polar surface area (TPSA) is 75.6 Å². The number of rotatable bonds is 4. The van der Waals surface area contributed by atoms with Crippen molar-refractivity contribution in [1.82, 2.24) is 5.32 Å². The van der Waals surface area contributed by atoms with Gasteiger partial charge in [-0.3, -0.25) is 4.79 Å². The van der Waals surface area contributed by atoms with Crippen molar-refractivity contribution in [2.45, 2.75) is 31.7 Å². The number of amides is 1. The van der Waals surface area contributed by atoms with Crippen LogP contribution in [0.15, 0.2) is 12.7 Å². The molecule has 0 heterocycles. The summed E-state index contributed by atoms with van der Waals surface area (Å²) in [6.07, 6.45) is 3.99. The quantitative estimate of drug-likeness (QED) is 0.730. The number of carboxylic acid groups (broad SMARTS) is 1. The summed E-state index contributed by atoms with van der Waals surface area (Å²) in [7, 11) is 0. The molecule has 94 valence electrons. The molecule has 0 unspecified atom stereocenters. The van der Waals surface area contributed by atoms with E-state index in [0.717, 1.165) is 19.3 Å². The van der Waals surface area contributed by atoms with E-state index >= 15 is 0 Å². The van der Waals surface area contributed by atoms with Crippen molar-refractivity contribution in [3.8, 4) is 0 Å². The van der Waals surface area contributed by atoms with Gasteiger partial charge < -0.3 is 15.2 Å². The minimum Gasteiger partial charge on any atom is -0.481 e. The maximum absolute atomic E-state index is 11.4. The largest absolute Gasteiger partial charge is 0.481 e. The van der Waals surface area contributed by atoms with E-state index in [2.05, 4.69) is 11.9 Å². The Morgan fingerprint density at radius 1 is 1.47 bits per heavy atom. The van der Waals surface area contributed by atoms with E-state index in [1.807, 2.05) is 0 Å². The van der Waals surface area contributed by atoms with E-state index in [0.29, 0.717) is 6.42 Å². The maximum atomic E-state index is 11.4. The van der Waals surface area contributed by atoms with E-state index < -0.39 is 17.5 Å². The van der Waals surface area contributed by atoms with Crippen molar-refractivity contribution < 1.29 is 19.4 Å². The second-order valence-corrected chi connectivity index (χ2v) is 4.78. The summed E-state index contributed by atoms with van der Waals surface area (Å²) in [5.41, 5.74) is -0.587. The zero-order valence-electron chi connectivity index (χ0n) is 9.65. The molecular weight excluding hydrogens is 222 g/mol. The van der Waals surface area contributed by atoms with Gasteiger partial charge in [-0.15, -0.1) is 0 Å². The molecule has 1 amide bonds. The molecular formula is C12H17NO4. The van der Waals surface area contributed by atoms with Gasteiger partial charge in [-0.05, 0) is 31.6 Å². The number of ether oxygens (including phenoxy) is 1. The molecule has 2 rings (SSSR count). The molecule has 0 aromatic heterocycles. The van der Waals surface area contributed by atoms with Gasteiger partial charge in [0.05, 0.1) is 5.41 Å². The second kappa shape index (κ2) is 4.39. The first-order valence-corrected chi connectivity index (χ1v) is 5.88. The van der Waals surface area contributed by atoms with Crippen molar-refractivity contribution in [3.05, 3.63) is 12.7 Å². The molecule has 0 aromatic carbocycles. The smallest absolute Gasteiger partial charge is 0.407 e. The van der Waals surface area contributed by atoms with E-state index in [-0.39, 0.29) is 18.6 Å². The summed E-state index contributed by atoms with van der Waals surface area (Å²) in [4.78, 5) is 22.6. The highest BCUT2D eigenvalue weighted by Crippen LogP contribution is 2.57. The number of carboxylic acids is 1. The van der Waals surface area contributed by atoms with E-state index in [1.165, 1.54) is 6.08 Å². The summed E-state index contributed by atoms with van der Waals surface area (Å²) in [6.45, 7) is 3.63. The van der Waals surface area contributed by atoms with Crippen molar-refractivity contribution in [2.24, 2.45) is 11.3 Å². The van der Waals surface area contributed by atoms with Crippen LogP contribution in [0.4, 0.5) is 4.79 Å². The second-order valence-electron chi connectivity index (χ2n) is 4.78. The van der Waals surface area contributed by atoms with Crippen LogP contribution in [0.25, 0.3) is 0 Å². The number of alkyl carbamates (subject to hydrolysis) is 1. The van der Waals surface area contributed by atoms with Gasteiger partial charge in [-0.2, -0.15) is 0 Å². The average Bonchev–Trinajstić information content (AvgIpc) is 2.47. The van der Waals surface area contributed by atoms with Gasteiger partial charge in [0.2, 0.25) is 0 Å². The molecule has 0 spiro atoms. The lowest BCUT2D eigenvalue weighted by atomic mass is 9.61. The number of hydrogen-bond donors (Lipinski definition) is 2. The average molecular weight is 239 g/mol. The molecule has 0 radical (unpaired) electrons. The summed E-state index contributed by atoms with van der Waals surface area (Å²) in [6, 6.07) is -0.0582. The van der Waals surface area contributed by atoms with Crippen LogP contribution >= 0.6 is 0 Å². The first kappa shape index (κ1) is 12.0. The van der Waals surface area contributed by atoms with Crippen molar-refractivity contribution in [2.75, 3.05) is 6.61 Å². The third kappa shape index (κ3) is 1.90. The molecule has 5 heteroatoms. The van der Waals surface area contributed by atoms with Crippen LogP contribution in [0.5, 0.6) is 0 Å². The van der Waals surface area contributed by atoms with Gasteiger partial charge in [0.25, 0.3) is 0 Å². The van der Waals surface area contributed by atoms with Crippen LogP contribution in [0, 0.1) is 11.3 Å². The Bertz CT molecular complexity index is 354. The van der Waals surface area contributed by atoms with Crippen molar-refractivity contribution >= 4 is 12.1 Å². The molecule has 0 aromatic rings. The molecule has 2 saturated carbocycles. The Hall–Kier alpha value is -1.52. The third-order valence-electron chi connectivity index (χ3n) is 4.06. The monoisotopic (exact) mass is 239 g/mol. The van der Waals surface area contributed by atoms with E-state index in [9.17, 15) is 14.7 Å². The van der Waals surface area contributed by atoms with Gasteiger partial charge in [-0.25, -0.2) is 4.79 Å². The minimum atomic E-state index is -0.725. The van der Waals surface area contributed by atoms with Gasteiger partial charge in [0, 0.05) is 6.04 Å². The predicted molar refractivity (Wildman–Crippen MR) is 60.5 cm³/mol. The standard InChI is InChI=1S/C12H17NO4/c1-2-7-17-11(16)13-9-4-6-12(10(14)15)5-3-8(9)12/h2,8-9H,1,3-7H2,(H,13,16)(H,14,15)/t8-,9-,12-/m0/s1. The minimum absolute atomic E-state index is 0.0582. The highest BCUT2D eigenvalue weighted by atomic mass is 16.5. The number of carbonyl (C=O) groups excluding carboxylic acids is 1. The van der Waals surface area contributed by atoms with Crippen LogP contribution < -0.4 is 5.32 Å². The van der Waals surface area contributed by atoms with Gasteiger partial charge in [0.1, 0.15) is 6.61 Å². The molecule has 0 bridgehead atoms. The van der Waals surface area contributed by atoms with Crippen LogP contribution in [-0.4, -0.2) is 29.8 Å². The Balaban J connectivity index is 1.91. The summed E-state index contributed by atoms with van der Waals surface area (Å²) >= 11 is 0. The van der Waals surface area contributed by atoms with Crippen LogP contribution in [0.1, 0.15) is 25.7 Å². The van der Waals surface area contributed by atoms with E-state index in [1.54, 1.807) is 0 Å². The maximum Gasteiger partial charge on any atom is 0.407 e. The first-order chi connectivity index (χ1) is 8.10. The lowest BCUT2D eigenvalue weighted by Crippen LogP contribution is -2.50. The number of hydrogen-bond acceptors (Lipinski definition) is 3. The lowest BCUT2D eigenvalue weighted by molar-refractivity contribution is -0.159. The highest BCUT2D eigenvalue weighted by Gasteiger charge is 2.59. The fraction of sp³-hybridized carbons (Fsp3) is 0.667. The normalized spacial score (nSPS) is 34.4. The number of fused-ring (bicyclic) bond motifs is 1.